The zero-order valence-electron chi connectivity index (χ0n) is 8.85. The van der Waals surface area contributed by atoms with Crippen LogP contribution in [0.1, 0.15) is 34.5 Å². The van der Waals surface area contributed by atoms with Crippen LogP contribution in [0.25, 0.3) is 0 Å². The average molecular weight is 232 g/mol. The fourth-order valence-corrected chi connectivity index (χ4v) is 2.72. The SMILES string of the molecule is O=C1CCCc2cn(Cc3cscn3)cc21. The van der Waals surface area contributed by atoms with Crippen molar-refractivity contribution in [1.82, 2.24) is 9.55 Å². The van der Waals surface area contributed by atoms with E-state index in [2.05, 4.69) is 15.7 Å². The van der Waals surface area contributed by atoms with Gasteiger partial charge < -0.3 is 4.57 Å². The lowest BCUT2D eigenvalue weighted by molar-refractivity contribution is 0.0973. The van der Waals surface area contributed by atoms with Crippen LogP contribution in [0.4, 0.5) is 0 Å². The third kappa shape index (κ3) is 1.69. The molecule has 3 rings (SSSR count). The Labute approximate surface area is 97.7 Å². The molecular weight excluding hydrogens is 220 g/mol. The Hall–Kier alpha value is -1.42. The summed E-state index contributed by atoms with van der Waals surface area (Å²) in [5, 5.41) is 2.04. The Balaban J connectivity index is 1.89. The maximum atomic E-state index is 11.7. The Kier molecular flexibility index (Phi) is 2.36. The van der Waals surface area contributed by atoms with Crippen molar-refractivity contribution in [3.63, 3.8) is 0 Å². The van der Waals surface area contributed by atoms with Crippen LogP contribution < -0.4 is 0 Å². The van der Waals surface area contributed by atoms with E-state index in [0.717, 1.165) is 30.6 Å². The number of carbonyl (C=O) groups excluding carboxylic acids is 1. The Morgan fingerprint density at radius 3 is 3.06 bits per heavy atom. The molecule has 0 N–H and O–H groups in total. The molecule has 0 radical (unpaired) electrons. The van der Waals surface area contributed by atoms with Crippen molar-refractivity contribution >= 4 is 17.1 Å². The largest absolute Gasteiger partial charge is 0.347 e. The normalized spacial score (nSPS) is 15.1. The van der Waals surface area contributed by atoms with Crippen LogP contribution in [-0.4, -0.2) is 15.3 Å². The third-order valence-electron chi connectivity index (χ3n) is 2.94. The van der Waals surface area contributed by atoms with Gasteiger partial charge in [-0.05, 0) is 18.4 Å². The number of rotatable bonds is 2. The quantitative estimate of drug-likeness (QED) is 0.797. The van der Waals surface area contributed by atoms with Gasteiger partial charge in [-0.3, -0.25) is 4.79 Å². The van der Waals surface area contributed by atoms with Crippen LogP contribution in [0.2, 0.25) is 0 Å². The van der Waals surface area contributed by atoms with E-state index in [9.17, 15) is 4.79 Å². The second kappa shape index (κ2) is 3.87. The van der Waals surface area contributed by atoms with Gasteiger partial charge in [0.05, 0.1) is 17.7 Å². The minimum absolute atomic E-state index is 0.290. The first-order chi connectivity index (χ1) is 7.83. The van der Waals surface area contributed by atoms with Gasteiger partial charge in [-0.1, -0.05) is 0 Å². The summed E-state index contributed by atoms with van der Waals surface area (Å²) >= 11 is 1.60. The first-order valence-electron chi connectivity index (χ1n) is 5.42. The molecule has 82 valence electrons. The highest BCUT2D eigenvalue weighted by Gasteiger charge is 2.19. The topological polar surface area (TPSA) is 34.9 Å². The summed E-state index contributed by atoms with van der Waals surface area (Å²) in [6, 6.07) is 0. The summed E-state index contributed by atoms with van der Waals surface area (Å²) < 4.78 is 2.07. The molecule has 0 unspecified atom stereocenters. The number of aryl methyl sites for hydroxylation is 1. The van der Waals surface area contributed by atoms with Gasteiger partial charge in [0.15, 0.2) is 5.78 Å². The zero-order chi connectivity index (χ0) is 11.0. The second-order valence-electron chi connectivity index (χ2n) is 4.13. The Morgan fingerprint density at radius 1 is 1.38 bits per heavy atom. The van der Waals surface area contributed by atoms with Gasteiger partial charge in [0.2, 0.25) is 0 Å². The molecule has 0 saturated carbocycles. The molecule has 1 aliphatic carbocycles. The molecule has 0 saturated heterocycles. The van der Waals surface area contributed by atoms with Crippen molar-refractivity contribution in [2.45, 2.75) is 25.8 Å². The molecule has 2 aromatic rings. The summed E-state index contributed by atoms with van der Waals surface area (Å²) in [6.45, 7) is 0.768. The summed E-state index contributed by atoms with van der Waals surface area (Å²) in [4.78, 5) is 15.9. The minimum Gasteiger partial charge on any atom is -0.347 e. The predicted octanol–water partition coefficient (Wildman–Crippen LogP) is 2.51. The number of ketones is 1. The van der Waals surface area contributed by atoms with Crippen LogP contribution in [0, 0.1) is 0 Å². The van der Waals surface area contributed by atoms with E-state index in [0.29, 0.717) is 12.2 Å². The number of nitrogens with zero attached hydrogens (tertiary/aromatic N) is 2. The standard InChI is InChI=1S/C12H12N2OS/c15-12-3-1-2-9-4-14(6-11(9)12)5-10-7-16-8-13-10/h4,6-8H,1-3,5H2. The summed E-state index contributed by atoms with van der Waals surface area (Å²) in [5.41, 5.74) is 5.02. The third-order valence-corrected chi connectivity index (χ3v) is 3.58. The van der Waals surface area contributed by atoms with Crippen LogP contribution in [0.3, 0.4) is 0 Å². The zero-order valence-corrected chi connectivity index (χ0v) is 9.67. The molecular formula is C12H12N2OS. The first-order valence-corrected chi connectivity index (χ1v) is 6.36. The van der Waals surface area contributed by atoms with E-state index in [4.69, 9.17) is 0 Å². The summed E-state index contributed by atoms with van der Waals surface area (Å²) in [6.07, 6.45) is 6.79. The van der Waals surface area contributed by atoms with Crippen LogP contribution in [0.5, 0.6) is 0 Å². The lowest BCUT2D eigenvalue weighted by Gasteiger charge is -2.07. The molecule has 16 heavy (non-hydrogen) atoms. The highest BCUT2D eigenvalue weighted by molar-refractivity contribution is 7.07. The Bertz CT molecular complexity index is 513. The van der Waals surface area contributed by atoms with Crippen molar-refractivity contribution < 1.29 is 4.79 Å². The highest BCUT2D eigenvalue weighted by atomic mass is 32.1. The van der Waals surface area contributed by atoms with Gasteiger partial charge in [-0.2, -0.15) is 0 Å². The maximum absolute atomic E-state index is 11.7. The van der Waals surface area contributed by atoms with Gasteiger partial charge in [-0.25, -0.2) is 4.98 Å². The molecule has 0 spiro atoms. The number of fused-ring (bicyclic) bond motifs is 1. The number of aromatic nitrogens is 2. The number of thiazole rings is 1. The monoisotopic (exact) mass is 232 g/mol. The molecule has 4 heteroatoms. The fraction of sp³-hybridized carbons (Fsp3) is 0.333. The molecule has 2 heterocycles. The molecule has 0 aromatic carbocycles. The lowest BCUT2D eigenvalue weighted by atomic mass is 9.95. The smallest absolute Gasteiger partial charge is 0.164 e. The summed E-state index contributed by atoms with van der Waals surface area (Å²) in [5.74, 6) is 0.290. The van der Waals surface area contributed by atoms with Crippen LogP contribution in [0.15, 0.2) is 23.3 Å². The van der Waals surface area contributed by atoms with Gasteiger partial charge in [0.1, 0.15) is 0 Å². The molecule has 2 aromatic heterocycles. The first kappa shape index (κ1) is 9.78. The van der Waals surface area contributed by atoms with E-state index >= 15 is 0 Å². The second-order valence-corrected chi connectivity index (χ2v) is 4.84. The number of hydrogen-bond acceptors (Lipinski definition) is 3. The van der Waals surface area contributed by atoms with Gasteiger partial charge in [0, 0.05) is 29.8 Å². The maximum Gasteiger partial charge on any atom is 0.164 e. The molecule has 3 nitrogen and oxygen atoms in total. The van der Waals surface area contributed by atoms with Crippen molar-refractivity contribution in [2.24, 2.45) is 0 Å². The number of Topliss-reactive ketones (excluding diaryl/α,β-unsaturated/α-hetero) is 1. The molecule has 0 bridgehead atoms. The van der Waals surface area contributed by atoms with E-state index in [1.807, 2.05) is 17.1 Å². The van der Waals surface area contributed by atoms with E-state index in [1.165, 1.54) is 5.56 Å². The van der Waals surface area contributed by atoms with E-state index in [1.54, 1.807) is 11.3 Å². The van der Waals surface area contributed by atoms with Gasteiger partial charge >= 0.3 is 0 Å². The predicted molar refractivity (Wildman–Crippen MR) is 62.9 cm³/mol. The fourth-order valence-electron chi connectivity index (χ4n) is 2.17. The highest BCUT2D eigenvalue weighted by Crippen LogP contribution is 2.22. The van der Waals surface area contributed by atoms with Crippen molar-refractivity contribution in [3.8, 4) is 0 Å². The number of hydrogen-bond donors (Lipinski definition) is 0. The van der Waals surface area contributed by atoms with E-state index in [-0.39, 0.29) is 0 Å². The molecule has 0 atom stereocenters. The van der Waals surface area contributed by atoms with Crippen molar-refractivity contribution in [3.05, 3.63) is 40.1 Å². The van der Waals surface area contributed by atoms with Crippen molar-refractivity contribution in [1.29, 1.82) is 0 Å². The van der Waals surface area contributed by atoms with Crippen molar-refractivity contribution in [2.75, 3.05) is 0 Å². The van der Waals surface area contributed by atoms with E-state index < -0.39 is 0 Å². The Morgan fingerprint density at radius 2 is 2.31 bits per heavy atom. The molecule has 1 aliphatic rings. The molecule has 0 aliphatic heterocycles. The number of carbonyl (C=O) groups is 1. The van der Waals surface area contributed by atoms with Gasteiger partial charge in [0.25, 0.3) is 0 Å². The molecule has 0 amide bonds. The summed E-state index contributed by atoms with van der Waals surface area (Å²) in [7, 11) is 0. The molecule has 0 fully saturated rings. The van der Waals surface area contributed by atoms with Gasteiger partial charge in [-0.15, -0.1) is 11.3 Å². The van der Waals surface area contributed by atoms with Crippen LogP contribution in [-0.2, 0) is 13.0 Å². The van der Waals surface area contributed by atoms with Crippen LogP contribution >= 0.6 is 11.3 Å². The average Bonchev–Trinajstić information content (AvgIpc) is 2.88. The minimum atomic E-state index is 0.290. The lowest BCUT2D eigenvalue weighted by Crippen LogP contribution is -2.07.